The van der Waals surface area contributed by atoms with Gasteiger partial charge in [-0.05, 0) is 12.8 Å². The summed E-state index contributed by atoms with van der Waals surface area (Å²) in [6.45, 7) is 0.0290. The Morgan fingerprint density at radius 2 is 1.74 bits per heavy atom. The van der Waals surface area contributed by atoms with Crippen molar-refractivity contribution in [3.05, 3.63) is 0 Å². The molecular formula is C14H25ClF2N4O2. The summed E-state index contributed by atoms with van der Waals surface area (Å²) in [5, 5.41) is 10.6. The molecule has 1 saturated heterocycles. The van der Waals surface area contributed by atoms with E-state index < -0.39 is 30.8 Å². The van der Waals surface area contributed by atoms with Crippen LogP contribution in [0.1, 0.15) is 38.5 Å². The summed E-state index contributed by atoms with van der Waals surface area (Å²) in [4.78, 5) is 23.3. The highest BCUT2D eigenvalue weighted by molar-refractivity contribution is 5.85. The average molecular weight is 355 g/mol. The molecule has 2 fully saturated rings. The summed E-state index contributed by atoms with van der Waals surface area (Å²) in [5.41, 5.74) is 0. The molecule has 1 saturated carbocycles. The number of hydrogen-bond donors (Lipinski definition) is 4. The summed E-state index contributed by atoms with van der Waals surface area (Å²) in [7, 11) is 0. The van der Waals surface area contributed by atoms with Crippen LogP contribution in [0.2, 0.25) is 0 Å². The summed E-state index contributed by atoms with van der Waals surface area (Å²) in [5.74, 6) is -3.27. The van der Waals surface area contributed by atoms with E-state index in [0.29, 0.717) is 0 Å². The van der Waals surface area contributed by atoms with Gasteiger partial charge in [0, 0.05) is 25.6 Å². The average Bonchev–Trinajstić information content (AvgIpc) is 2.85. The van der Waals surface area contributed by atoms with E-state index >= 15 is 0 Å². The highest BCUT2D eigenvalue weighted by Gasteiger charge is 2.42. The molecule has 1 atom stereocenters. The Kier molecular flexibility index (Phi) is 7.98. The molecule has 2 aliphatic rings. The van der Waals surface area contributed by atoms with Gasteiger partial charge in [-0.2, -0.15) is 0 Å². The van der Waals surface area contributed by atoms with Gasteiger partial charge in [-0.3, -0.25) is 10.1 Å². The predicted octanol–water partition coefficient (Wildman–Crippen LogP) is 1.15. The van der Waals surface area contributed by atoms with Crippen LogP contribution in [0.15, 0.2) is 0 Å². The quantitative estimate of drug-likeness (QED) is 0.559. The van der Waals surface area contributed by atoms with E-state index in [-0.39, 0.29) is 37.6 Å². The number of hydrogen-bond acceptors (Lipinski definition) is 3. The first-order valence-electron chi connectivity index (χ1n) is 7.89. The molecule has 9 heteroatoms. The Hall–Kier alpha value is -1.15. The van der Waals surface area contributed by atoms with Crippen LogP contribution in [0.4, 0.5) is 13.6 Å². The third-order valence-electron chi connectivity index (χ3n) is 4.08. The fourth-order valence-corrected chi connectivity index (χ4v) is 2.87. The Labute approximate surface area is 140 Å². The van der Waals surface area contributed by atoms with Crippen molar-refractivity contribution in [2.24, 2.45) is 0 Å². The zero-order valence-electron chi connectivity index (χ0n) is 13.0. The van der Waals surface area contributed by atoms with Crippen LogP contribution >= 0.6 is 12.4 Å². The molecule has 23 heavy (non-hydrogen) atoms. The molecule has 1 aliphatic heterocycles. The van der Waals surface area contributed by atoms with Crippen molar-refractivity contribution in [1.29, 1.82) is 0 Å². The van der Waals surface area contributed by atoms with Crippen molar-refractivity contribution in [2.75, 3.05) is 19.6 Å². The van der Waals surface area contributed by atoms with Crippen LogP contribution in [0.25, 0.3) is 0 Å². The lowest BCUT2D eigenvalue weighted by atomic mass is 9.96. The van der Waals surface area contributed by atoms with Gasteiger partial charge in [-0.25, -0.2) is 13.6 Å². The number of nitrogens with one attached hydrogen (secondary N) is 4. The van der Waals surface area contributed by atoms with E-state index in [4.69, 9.17) is 0 Å². The van der Waals surface area contributed by atoms with Gasteiger partial charge >= 0.3 is 6.03 Å². The van der Waals surface area contributed by atoms with Crippen LogP contribution in [-0.2, 0) is 4.79 Å². The topological polar surface area (TPSA) is 82.3 Å². The van der Waals surface area contributed by atoms with Crippen LogP contribution in [-0.4, -0.2) is 49.6 Å². The normalized spacial score (nSPS) is 23.7. The second-order valence-electron chi connectivity index (χ2n) is 6.02. The minimum Gasteiger partial charge on any atom is -0.353 e. The largest absolute Gasteiger partial charge is 0.353 e. The van der Waals surface area contributed by atoms with Gasteiger partial charge in [-0.15, -0.1) is 12.4 Å². The second-order valence-corrected chi connectivity index (χ2v) is 6.02. The van der Waals surface area contributed by atoms with Crippen LogP contribution < -0.4 is 21.3 Å². The van der Waals surface area contributed by atoms with Gasteiger partial charge in [0.2, 0.25) is 5.91 Å². The summed E-state index contributed by atoms with van der Waals surface area (Å²) in [6, 6.07) is -0.869. The van der Waals surface area contributed by atoms with Gasteiger partial charge < -0.3 is 16.0 Å². The molecule has 6 nitrogen and oxygen atoms in total. The third-order valence-corrected chi connectivity index (χ3v) is 4.08. The van der Waals surface area contributed by atoms with Crippen molar-refractivity contribution in [3.8, 4) is 0 Å². The van der Waals surface area contributed by atoms with Crippen molar-refractivity contribution in [3.63, 3.8) is 0 Å². The lowest BCUT2D eigenvalue weighted by molar-refractivity contribution is -0.123. The smallest absolute Gasteiger partial charge is 0.315 e. The number of carbonyl (C=O) groups is 2. The predicted molar refractivity (Wildman–Crippen MR) is 85.0 cm³/mol. The number of rotatable bonds is 5. The SMILES string of the molecule is Cl.O=C(NCCNC(=O)C1CC(F)(F)CN1)NC1CCCCC1. The lowest BCUT2D eigenvalue weighted by Crippen LogP contribution is -2.47. The zero-order chi connectivity index (χ0) is 16.0. The standard InChI is InChI=1S/C14H24F2N4O2.ClH/c15-14(16)8-11(19-9-14)12(21)17-6-7-18-13(22)20-10-4-2-1-3-5-10;/h10-11,19H,1-9H2,(H,17,21)(H2,18,20,22);1H. The molecule has 0 aromatic carbocycles. The first-order valence-corrected chi connectivity index (χ1v) is 7.89. The summed E-state index contributed by atoms with van der Waals surface area (Å²) in [6.07, 6.45) is 5.03. The molecule has 2 rings (SSSR count). The van der Waals surface area contributed by atoms with Gasteiger partial charge in [-0.1, -0.05) is 19.3 Å². The van der Waals surface area contributed by atoms with Crippen molar-refractivity contribution >= 4 is 24.3 Å². The molecule has 3 amide bonds. The molecule has 0 aromatic rings. The fourth-order valence-electron chi connectivity index (χ4n) is 2.87. The minimum absolute atomic E-state index is 0. The maximum absolute atomic E-state index is 13.0. The Morgan fingerprint density at radius 1 is 1.09 bits per heavy atom. The van der Waals surface area contributed by atoms with Gasteiger partial charge in [0.1, 0.15) is 0 Å². The Balaban J connectivity index is 0.00000264. The van der Waals surface area contributed by atoms with Gasteiger partial charge in [0.15, 0.2) is 0 Å². The number of alkyl halides is 2. The number of urea groups is 1. The molecule has 1 unspecified atom stereocenters. The van der Waals surface area contributed by atoms with E-state index in [2.05, 4.69) is 21.3 Å². The van der Waals surface area contributed by atoms with E-state index in [0.717, 1.165) is 25.7 Å². The first kappa shape index (κ1) is 19.9. The van der Waals surface area contributed by atoms with Crippen LogP contribution in [0.5, 0.6) is 0 Å². The number of carbonyl (C=O) groups excluding carboxylic acids is 2. The van der Waals surface area contributed by atoms with Gasteiger partial charge in [0.05, 0.1) is 12.6 Å². The van der Waals surface area contributed by atoms with E-state index in [9.17, 15) is 18.4 Å². The maximum atomic E-state index is 13.0. The maximum Gasteiger partial charge on any atom is 0.315 e. The number of halogens is 3. The van der Waals surface area contributed by atoms with Crippen LogP contribution in [0.3, 0.4) is 0 Å². The van der Waals surface area contributed by atoms with Crippen molar-refractivity contribution in [1.82, 2.24) is 21.3 Å². The second kappa shape index (κ2) is 9.22. The highest BCUT2D eigenvalue weighted by Crippen LogP contribution is 2.24. The molecule has 4 N–H and O–H groups in total. The molecule has 1 heterocycles. The van der Waals surface area contributed by atoms with E-state index in [1.54, 1.807) is 0 Å². The monoisotopic (exact) mass is 354 g/mol. The number of amides is 3. The molecular weight excluding hydrogens is 330 g/mol. The fraction of sp³-hybridized carbons (Fsp3) is 0.857. The molecule has 0 bridgehead atoms. The van der Waals surface area contributed by atoms with Crippen molar-refractivity contribution < 1.29 is 18.4 Å². The lowest BCUT2D eigenvalue weighted by Gasteiger charge is -2.22. The van der Waals surface area contributed by atoms with E-state index in [1.807, 2.05) is 0 Å². The molecule has 0 radical (unpaired) electrons. The summed E-state index contributed by atoms with van der Waals surface area (Å²) < 4.78 is 25.9. The van der Waals surface area contributed by atoms with Gasteiger partial charge in [0.25, 0.3) is 5.92 Å². The molecule has 1 aliphatic carbocycles. The molecule has 0 aromatic heterocycles. The molecule has 0 spiro atoms. The minimum atomic E-state index is -2.82. The zero-order valence-corrected chi connectivity index (χ0v) is 13.8. The third kappa shape index (κ3) is 6.87. The van der Waals surface area contributed by atoms with E-state index in [1.165, 1.54) is 6.42 Å². The molecule has 134 valence electrons. The van der Waals surface area contributed by atoms with Crippen molar-refractivity contribution in [2.45, 2.75) is 56.5 Å². The Bertz CT molecular complexity index is 406. The first-order chi connectivity index (χ1) is 10.5. The Morgan fingerprint density at radius 3 is 2.35 bits per heavy atom. The van der Waals surface area contributed by atoms with Crippen LogP contribution in [0, 0.1) is 0 Å². The summed E-state index contributed by atoms with van der Waals surface area (Å²) >= 11 is 0. The highest BCUT2D eigenvalue weighted by atomic mass is 35.5.